The Kier molecular flexibility index (Phi) is 3.12. The van der Waals surface area contributed by atoms with E-state index in [2.05, 4.69) is 25.9 Å². The molecule has 0 bridgehead atoms. The number of tetrazole rings is 1. The number of nitrogens with zero attached hydrogens (tertiary/aromatic N) is 3. The summed E-state index contributed by atoms with van der Waals surface area (Å²) in [5.41, 5.74) is 2.56. The van der Waals surface area contributed by atoms with Crippen molar-refractivity contribution in [2.45, 2.75) is 16.2 Å². The molecule has 0 saturated heterocycles. The SMILES string of the molecule is O=C1Nc2ccccc2Sc2cc(Cc3nn[nH]n3)ccc21. The molecule has 0 radical (unpaired) electrons. The second-order valence-electron chi connectivity index (χ2n) is 4.89. The van der Waals surface area contributed by atoms with Crippen molar-refractivity contribution in [3.05, 3.63) is 59.4 Å². The summed E-state index contributed by atoms with van der Waals surface area (Å²) in [5, 5.41) is 16.9. The highest BCUT2D eigenvalue weighted by Gasteiger charge is 2.20. The maximum Gasteiger partial charge on any atom is 0.256 e. The predicted octanol–water partition coefficient (Wildman–Crippen LogP) is 2.51. The Hall–Kier alpha value is -2.67. The highest BCUT2D eigenvalue weighted by Crippen LogP contribution is 2.38. The van der Waals surface area contributed by atoms with Gasteiger partial charge in [-0.3, -0.25) is 4.79 Å². The highest BCUT2D eigenvalue weighted by atomic mass is 32.2. The number of aromatic amines is 1. The molecule has 1 aliphatic heterocycles. The van der Waals surface area contributed by atoms with Gasteiger partial charge < -0.3 is 5.32 Å². The van der Waals surface area contributed by atoms with E-state index in [1.807, 2.05) is 42.5 Å². The van der Waals surface area contributed by atoms with E-state index in [1.54, 1.807) is 11.8 Å². The van der Waals surface area contributed by atoms with Gasteiger partial charge in [0.15, 0.2) is 5.82 Å². The molecule has 22 heavy (non-hydrogen) atoms. The van der Waals surface area contributed by atoms with Crippen LogP contribution >= 0.6 is 11.8 Å². The molecule has 2 aromatic carbocycles. The van der Waals surface area contributed by atoms with Gasteiger partial charge in [-0.25, -0.2) is 0 Å². The lowest BCUT2D eigenvalue weighted by Crippen LogP contribution is -2.11. The quantitative estimate of drug-likeness (QED) is 0.760. The zero-order chi connectivity index (χ0) is 14.9. The van der Waals surface area contributed by atoms with Crippen molar-refractivity contribution in [2.75, 3.05) is 5.32 Å². The number of H-pyrrole nitrogens is 1. The molecule has 6 nitrogen and oxygen atoms in total. The average molecular weight is 309 g/mol. The number of carbonyl (C=O) groups excluding carboxylic acids is 1. The maximum absolute atomic E-state index is 12.3. The summed E-state index contributed by atoms with van der Waals surface area (Å²) in [6, 6.07) is 13.6. The Morgan fingerprint density at radius 3 is 2.86 bits per heavy atom. The van der Waals surface area contributed by atoms with Crippen LogP contribution in [0.25, 0.3) is 0 Å². The second kappa shape index (κ2) is 5.27. The van der Waals surface area contributed by atoms with Gasteiger partial charge in [-0.1, -0.05) is 35.2 Å². The van der Waals surface area contributed by atoms with Crippen LogP contribution in [0.15, 0.2) is 52.3 Å². The lowest BCUT2D eigenvalue weighted by atomic mass is 10.1. The molecule has 0 saturated carbocycles. The summed E-state index contributed by atoms with van der Waals surface area (Å²) in [6.07, 6.45) is 0.577. The number of rotatable bonds is 2. The summed E-state index contributed by atoms with van der Waals surface area (Å²) in [6.45, 7) is 0. The molecule has 0 atom stereocenters. The average Bonchev–Trinajstić information content (AvgIpc) is 2.97. The van der Waals surface area contributed by atoms with E-state index < -0.39 is 0 Å². The fourth-order valence-corrected chi connectivity index (χ4v) is 3.45. The lowest BCUT2D eigenvalue weighted by Gasteiger charge is -2.06. The standard InChI is InChI=1S/C15H11N5OS/c21-15-10-6-5-9(8-14-17-19-20-18-14)7-13(10)22-12-4-2-1-3-11(12)16-15/h1-7H,8H2,(H,16,21)(H,17,18,19,20). The molecule has 2 N–H and O–H groups in total. The number of carbonyl (C=O) groups is 1. The smallest absolute Gasteiger partial charge is 0.256 e. The number of para-hydroxylation sites is 1. The number of fused-ring (bicyclic) bond motifs is 2. The summed E-state index contributed by atoms with van der Waals surface area (Å²) in [7, 11) is 0. The zero-order valence-corrected chi connectivity index (χ0v) is 12.2. The third-order valence-corrected chi connectivity index (χ3v) is 4.53. The van der Waals surface area contributed by atoms with Crippen molar-refractivity contribution in [1.82, 2.24) is 20.6 Å². The van der Waals surface area contributed by atoms with E-state index in [-0.39, 0.29) is 5.91 Å². The third-order valence-electron chi connectivity index (χ3n) is 3.40. The molecule has 0 spiro atoms. The van der Waals surface area contributed by atoms with Gasteiger partial charge in [0, 0.05) is 16.2 Å². The Balaban J connectivity index is 1.73. The minimum atomic E-state index is -0.0847. The predicted molar refractivity (Wildman–Crippen MR) is 81.9 cm³/mol. The first-order valence-corrected chi connectivity index (χ1v) is 7.55. The van der Waals surface area contributed by atoms with E-state index in [4.69, 9.17) is 0 Å². The molecule has 0 fully saturated rings. The Bertz CT molecular complexity index is 847. The van der Waals surface area contributed by atoms with Gasteiger partial charge in [0.25, 0.3) is 5.91 Å². The van der Waals surface area contributed by atoms with Gasteiger partial charge >= 0.3 is 0 Å². The number of aromatic nitrogens is 4. The minimum absolute atomic E-state index is 0.0847. The molecule has 1 amide bonds. The van der Waals surface area contributed by atoms with Crippen molar-refractivity contribution in [3.8, 4) is 0 Å². The molecule has 7 heteroatoms. The fourth-order valence-electron chi connectivity index (χ4n) is 2.36. The van der Waals surface area contributed by atoms with Gasteiger partial charge in [0.2, 0.25) is 0 Å². The normalized spacial score (nSPS) is 13.0. The van der Waals surface area contributed by atoms with Gasteiger partial charge in [0.1, 0.15) is 0 Å². The van der Waals surface area contributed by atoms with E-state index in [0.717, 1.165) is 21.0 Å². The zero-order valence-electron chi connectivity index (χ0n) is 11.4. The van der Waals surface area contributed by atoms with Gasteiger partial charge in [-0.05, 0) is 29.8 Å². The van der Waals surface area contributed by atoms with E-state index >= 15 is 0 Å². The number of nitrogens with one attached hydrogen (secondary N) is 2. The van der Waals surface area contributed by atoms with E-state index in [0.29, 0.717) is 17.8 Å². The van der Waals surface area contributed by atoms with Crippen LogP contribution in [0.4, 0.5) is 5.69 Å². The van der Waals surface area contributed by atoms with Crippen LogP contribution in [-0.4, -0.2) is 26.5 Å². The number of benzene rings is 2. The van der Waals surface area contributed by atoms with Crippen LogP contribution in [0.3, 0.4) is 0 Å². The topological polar surface area (TPSA) is 83.6 Å². The summed E-state index contributed by atoms with van der Waals surface area (Å²) in [4.78, 5) is 14.3. The summed E-state index contributed by atoms with van der Waals surface area (Å²) >= 11 is 1.59. The van der Waals surface area contributed by atoms with Crippen molar-refractivity contribution in [2.24, 2.45) is 0 Å². The van der Waals surface area contributed by atoms with Crippen LogP contribution in [-0.2, 0) is 6.42 Å². The van der Waals surface area contributed by atoms with Crippen molar-refractivity contribution < 1.29 is 4.79 Å². The number of amides is 1. The first-order chi connectivity index (χ1) is 10.8. The molecule has 3 aromatic rings. The molecule has 108 valence electrons. The molecule has 4 rings (SSSR count). The van der Waals surface area contributed by atoms with Gasteiger partial charge in [0.05, 0.1) is 11.3 Å². The third kappa shape index (κ3) is 2.35. The van der Waals surface area contributed by atoms with Crippen LogP contribution in [0.5, 0.6) is 0 Å². The molecular weight excluding hydrogens is 298 g/mol. The Labute approximate surface area is 130 Å². The Morgan fingerprint density at radius 1 is 1.09 bits per heavy atom. The molecule has 2 heterocycles. The van der Waals surface area contributed by atoms with Crippen molar-refractivity contribution in [1.29, 1.82) is 0 Å². The second-order valence-corrected chi connectivity index (χ2v) is 5.97. The number of anilines is 1. The summed E-state index contributed by atoms with van der Waals surface area (Å²) in [5.74, 6) is 0.544. The van der Waals surface area contributed by atoms with Crippen LogP contribution in [0, 0.1) is 0 Å². The van der Waals surface area contributed by atoms with Crippen LogP contribution < -0.4 is 5.32 Å². The minimum Gasteiger partial charge on any atom is -0.321 e. The molecule has 0 aliphatic carbocycles. The first-order valence-electron chi connectivity index (χ1n) is 6.73. The Morgan fingerprint density at radius 2 is 2.00 bits per heavy atom. The first kappa shape index (κ1) is 13.0. The van der Waals surface area contributed by atoms with Crippen molar-refractivity contribution in [3.63, 3.8) is 0 Å². The molecule has 1 aromatic heterocycles. The van der Waals surface area contributed by atoms with Crippen LogP contribution in [0.1, 0.15) is 21.7 Å². The fraction of sp³-hybridized carbons (Fsp3) is 0.0667. The van der Waals surface area contributed by atoms with E-state index in [1.165, 1.54) is 0 Å². The largest absolute Gasteiger partial charge is 0.321 e. The molecular formula is C15H11N5OS. The molecule has 0 unspecified atom stereocenters. The van der Waals surface area contributed by atoms with Gasteiger partial charge in [-0.15, -0.1) is 10.2 Å². The van der Waals surface area contributed by atoms with Crippen LogP contribution in [0.2, 0.25) is 0 Å². The number of hydrogen-bond donors (Lipinski definition) is 2. The monoisotopic (exact) mass is 309 g/mol. The van der Waals surface area contributed by atoms with Gasteiger partial charge in [-0.2, -0.15) is 5.21 Å². The molecule has 1 aliphatic rings. The summed E-state index contributed by atoms with van der Waals surface area (Å²) < 4.78 is 0. The lowest BCUT2D eigenvalue weighted by molar-refractivity contribution is 0.102. The van der Waals surface area contributed by atoms with E-state index in [9.17, 15) is 4.79 Å². The maximum atomic E-state index is 12.3. The highest BCUT2D eigenvalue weighted by molar-refractivity contribution is 7.99. The number of hydrogen-bond acceptors (Lipinski definition) is 5. The van der Waals surface area contributed by atoms with Crippen molar-refractivity contribution >= 4 is 23.4 Å².